The minimum absolute atomic E-state index is 0.130. The Hall–Kier alpha value is -1.31. The van der Waals surface area contributed by atoms with E-state index in [2.05, 4.69) is 43.1 Å². The summed E-state index contributed by atoms with van der Waals surface area (Å²) in [5.74, 6) is 0. The van der Waals surface area contributed by atoms with Gasteiger partial charge in [-0.25, -0.2) is 0 Å². The van der Waals surface area contributed by atoms with E-state index in [-0.39, 0.29) is 5.41 Å². The van der Waals surface area contributed by atoms with Crippen LogP contribution in [0.1, 0.15) is 44.1 Å². The fourth-order valence-electron chi connectivity index (χ4n) is 3.17. The molecule has 0 bridgehead atoms. The largest absolute Gasteiger partial charge is 0.374 e. The molecule has 0 atom stereocenters. The van der Waals surface area contributed by atoms with Crippen molar-refractivity contribution in [1.29, 1.82) is 0 Å². The molecule has 0 N–H and O–H groups in total. The average Bonchev–Trinajstić information content (AvgIpc) is 2.65. The second-order valence-corrected chi connectivity index (χ2v) is 6.09. The quantitative estimate of drug-likeness (QED) is 0.602. The predicted molar refractivity (Wildman–Crippen MR) is 80.6 cm³/mol. The third-order valence-electron chi connectivity index (χ3n) is 4.34. The van der Waals surface area contributed by atoms with Gasteiger partial charge in [-0.2, -0.15) is 0 Å². The van der Waals surface area contributed by atoms with E-state index in [1.807, 2.05) is 0 Å². The number of hydrogen-bond acceptors (Lipinski definition) is 2. The maximum atomic E-state index is 11.6. The highest BCUT2D eigenvalue weighted by Gasteiger charge is 2.31. The molecule has 1 aromatic rings. The minimum Gasteiger partial charge on any atom is -0.374 e. The van der Waals surface area contributed by atoms with E-state index in [9.17, 15) is 4.79 Å². The van der Waals surface area contributed by atoms with Crippen LogP contribution in [0.5, 0.6) is 0 Å². The van der Waals surface area contributed by atoms with Crippen LogP contribution in [0.2, 0.25) is 0 Å². The van der Waals surface area contributed by atoms with Gasteiger partial charge in [0.2, 0.25) is 0 Å². The van der Waals surface area contributed by atoms with Crippen LogP contribution in [0.25, 0.3) is 0 Å². The summed E-state index contributed by atoms with van der Waals surface area (Å²) in [7, 11) is 2.10. The van der Waals surface area contributed by atoms with Gasteiger partial charge in [-0.1, -0.05) is 37.8 Å². The number of aryl methyl sites for hydroxylation is 1. The Labute approximate surface area is 116 Å². The normalized spacial score (nSPS) is 18.6. The van der Waals surface area contributed by atoms with Crippen molar-refractivity contribution < 1.29 is 4.79 Å². The van der Waals surface area contributed by atoms with Gasteiger partial charge in [0, 0.05) is 24.7 Å². The van der Waals surface area contributed by atoms with Gasteiger partial charge in [0.05, 0.1) is 0 Å². The van der Waals surface area contributed by atoms with Gasteiger partial charge in [-0.15, -0.1) is 0 Å². The Morgan fingerprint density at radius 2 is 1.89 bits per heavy atom. The number of benzene rings is 1. The maximum Gasteiger partial charge on any atom is 0.127 e. The Kier molecular flexibility index (Phi) is 4.62. The Morgan fingerprint density at radius 3 is 2.47 bits per heavy atom. The summed E-state index contributed by atoms with van der Waals surface area (Å²) in [6, 6.07) is 8.51. The Morgan fingerprint density at radius 1 is 1.21 bits per heavy atom. The standard InChI is InChI=1S/C17H25NO/c1-15-8-7-9-16(12-15)18(2)13-17(14-19)10-5-3-4-6-11-17/h7-9,12,14H,3-6,10-11,13H2,1-2H3. The molecule has 2 heteroatoms. The van der Waals surface area contributed by atoms with E-state index in [1.165, 1.54) is 43.2 Å². The third-order valence-corrected chi connectivity index (χ3v) is 4.34. The lowest BCUT2D eigenvalue weighted by atomic mass is 9.81. The fourth-order valence-corrected chi connectivity index (χ4v) is 3.17. The molecule has 0 amide bonds. The van der Waals surface area contributed by atoms with E-state index in [4.69, 9.17) is 0 Å². The van der Waals surface area contributed by atoms with Crippen molar-refractivity contribution in [3.05, 3.63) is 29.8 Å². The van der Waals surface area contributed by atoms with Crippen LogP contribution < -0.4 is 4.90 Å². The zero-order valence-electron chi connectivity index (χ0n) is 12.2. The van der Waals surface area contributed by atoms with E-state index in [0.29, 0.717) is 0 Å². The van der Waals surface area contributed by atoms with Crippen molar-refractivity contribution in [3.8, 4) is 0 Å². The molecule has 1 aromatic carbocycles. The summed E-state index contributed by atoms with van der Waals surface area (Å²) in [6.45, 7) is 2.96. The molecule has 0 radical (unpaired) electrons. The zero-order valence-corrected chi connectivity index (χ0v) is 12.2. The smallest absolute Gasteiger partial charge is 0.127 e. The number of carbonyl (C=O) groups excluding carboxylic acids is 1. The molecule has 0 saturated heterocycles. The third kappa shape index (κ3) is 3.59. The molecule has 2 nitrogen and oxygen atoms in total. The molecule has 0 heterocycles. The summed E-state index contributed by atoms with van der Waals surface area (Å²) in [6.07, 6.45) is 8.28. The van der Waals surface area contributed by atoms with Crippen molar-refractivity contribution in [2.75, 3.05) is 18.5 Å². The van der Waals surface area contributed by atoms with Gasteiger partial charge in [-0.05, 0) is 37.5 Å². The van der Waals surface area contributed by atoms with E-state index >= 15 is 0 Å². The lowest BCUT2D eigenvalue weighted by molar-refractivity contribution is -0.116. The topological polar surface area (TPSA) is 20.3 Å². The summed E-state index contributed by atoms with van der Waals surface area (Å²) in [5, 5.41) is 0. The molecule has 1 aliphatic carbocycles. The van der Waals surface area contributed by atoms with E-state index in [0.717, 1.165) is 19.4 Å². The molecule has 0 unspecified atom stereocenters. The van der Waals surface area contributed by atoms with Crippen LogP contribution in [0, 0.1) is 12.3 Å². The van der Waals surface area contributed by atoms with Crippen LogP contribution in [-0.2, 0) is 4.79 Å². The first-order valence-electron chi connectivity index (χ1n) is 7.39. The first-order chi connectivity index (χ1) is 9.15. The van der Waals surface area contributed by atoms with Gasteiger partial charge in [0.25, 0.3) is 0 Å². The van der Waals surface area contributed by atoms with Crippen LogP contribution in [-0.4, -0.2) is 19.9 Å². The molecule has 0 aromatic heterocycles. The zero-order chi connectivity index (χ0) is 13.7. The summed E-state index contributed by atoms with van der Waals surface area (Å²) in [4.78, 5) is 13.9. The van der Waals surface area contributed by atoms with Crippen LogP contribution in [0.3, 0.4) is 0 Å². The number of anilines is 1. The molecule has 1 aliphatic rings. The highest BCUT2D eigenvalue weighted by Crippen LogP contribution is 2.34. The lowest BCUT2D eigenvalue weighted by Crippen LogP contribution is -2.36. The average molecular weight is 259 g/mol. The minimum atomic E-state index is -0.130. The van der Waals surface area contributed by atoms with E-state index < -0.39 is 0 Å². The molecule has 19 heavy (non-hydrogen) atoms. The van der Waals surface area contributed by atoms with Gasteiger partial charge in [0.15, 0.2) is 0 Å². The van der Waals surface area contributed by atoms with Gasteiger partial charge in [-0.3, -0.25) is 0 Å². The van der Waals surface area contributed by atoms with Gasteiger partial charge < -0.3 is 9.69 Å². The maximum absolute atomic E-state index is 11.6. The van der Waals surface area contributed by atoms with Crippen molar-refractivity contribution in [1.82, 2.24) is 0 Å². The molecule has 0 aliphatic heterocycles. The number of nitrogens with zero attached hydrogens (tertiary/aromatic N) is 1. The highest BCUT2D eigenvalue weighted by molar-refractivity contribution is 5.62. The molecule has 1 saturated carbocycles. The molecule has 104 valence electrons. The second-order valence-electron chi connectivity index (χ2n) is 6.09. The highest BCUT2D eigenvalue weighted by atomic mass is 16.1. The first-order valence-corrected chi connectivity index (χ1v) is 7.39. The van der Waals surface area contributed by atoms with E-state index in [1.54, 1.807) is 0 Å². The van der Waals surface area contributed by atoms with Gasteiger partial charge >= 0.3 is 0 Å². The Bertz CT molecular complexity index is 419. The molecule has 1 fully saturated rings. The summed E-state index contributed by atoms with van der Waals surface area (Å²) >= 11 is 0. The van der Waals surface area contributed by atoms with Crippen molar-refractivity contribution in [2.45, 2.75) is 45.4 Å². The van der Waals surface area contributed by atoms with Crippen molar-refractivity contribution in [2.24, 2.45) is 5.41 Å². The first kappa shape index (κ1) is 14.1. The molecule has 0 spiro atoms. The van der Waals surface area contributed by atoms with Crippen molar-refractivity contribution >= 4 is 12.0 Å². The fraction of sp³-hybridized carbons (Fsp3) is 0.588. The molecular formula is C17H25NO. The van der Waals surface area contributed by atoms with Crippen LogP contribution >= 0.6 is 0 Å². The monoisotopic (exact) mass is 259 g/mol. The lowest BCUT2D eigenvalue weighted by Gasteiger charge is -2.33. The summed E-state index contributed by atoms with van der Waals surface area (Å²) in [5.41, 5.74) is 2.35. The SMILES string of the molecule is Cc1cccc(N(C)CC2(C=O)CCCCCC2)c1. The molecular weight excluding hydrogens is 234 g/mol. The molecule has 2 rings (SSSR count). The second kappa shape index (κ2) is 6.23. The van der Waals surface area contributed by atoms with Crippen LogP contribution in [0.15, 0.2) is 24.3 Å². The predicted octanol–water partition coefficient (Wildman–Crippen LogP) is 3.97. The Balaban J connectivity index is 2.10. The number of hydrogen-bond donors (Lipinski definition) is 0. The van der Waals surface area contributed by atoms with Gasteiger partial charge in [0.1, 0.15) is 6.29 Å². The summed E-state index contributed by atoms with van der Waals surface area (Å²) < 4.78 is 0. The van der Waals surface area contributed by atoms with Crippen molar-refractivity contribution in [3.63, 3.8) is 0 Å². The number of aldehydes is 1. The van der Waals surface area contributed by atoms with Crippen LogP contribution in [0.4, 0.5) is 5.69 Å². The number of carbonyl (C=O) groups is 1. The number of rotatable bonds is 4.